The zero-order valence-electron chi connectivity index (χ0n) is 12.0. The van der Waals surface area contributed by atoms with Gasteiger partial charge in [0.15, 0.2) is 0 Å². The Morgan fingerprint density at radius 3 is 2.67 bits per heavy atom. The summed E-state index contributed by atoms with van der Waals surface area (Å²) in [5.41, 5.74) is 1.46. The van der Waals surface area contributed by atoms with Crippen molar-refractivity contribution in [3.8, 4) is 0 Å². The first-order valence-corrected chi connectivity index (χ1v) is 6.74. The van der Waals surface area contributed by atoms with E-state index >= 15 is 0 Å². The maximum absolute atomic E-state index is 12.2. The fourth-order valence-corrected chi connectivity index (χ4v) is 2.36. The molecule has 0 atom stereocenters. The van der Waals surface area contributed by atoms with Gasteiger partial charge in [0, 0.05) is 11.3 Å². The van der Waals surface area contributed by atoms with Gasteiger partial charge in [-0.2, -0.15) is 10.1 Å². The van der Waals surface area contributed by atoms with E-state index in [9.17, 15) is 9.59 Å². The van der Waals surface area contributed by atoms with E-state index in [1.165, 1.54) is 10.9 Å². The third kappa shape index (κ3) is 3.15. The summed E-state index contributed by atoms with van der Waals surface area (Å²) in [6.45, 7) is 3.94. The van der Waals surface area contributed by atoms with Crippen molar-refractivity contribution in [2.75, 3.05) is 0 Å². The van der Waals surface area contributed by atoms with Gasteiger partial charge in [0.2, 0.25) is 0 Å². The van der Waals surface area contributed by atoms with Gasteiger partial charge in [-0.15, -0.1) is 0 Å². The second-order valence-corrected chi connectivity index (χ2v) is 4.56. The SMILES string of the molecule is CCc1nc(=O)n(Cc2ncn[nH]2)c(CC)c1CC(=O)O. The van der Waals surface area contributed by atoms with E-state index in [-0.39, 0.29) is 13.0 Å². The number of nitrogens with one attached hydrogen (secondary N) is 1. The number of hydrogen-bond acceptors (Lipinski definition) is 5. The monoisotopic (exact) mass is 291 g/mol. The summed E-state index contributed by atoms with van der Waals surface area (Å²) in [4.78, 5) is 31.3. The van der Waals surface area contributed by atoms with Crippen LogP contribution in [0.5, 0.6) is 0 Å². The Kier molecular flexibility index (Phi) is 4.46. The topological polar surface area (TPSA) is 114 Å². The van der Waals surface area contributed by atoms with E-state index in [0.717, 1.165) is 0 Å². The third-order valence-corrected chi connectivity index (χ3v) is 3.25. The lowest BCUT2D eigenvalue weighted by molar-refractivity contribution is -0.136. The number of nitrogens with zero attached hydrogens (tertiary/aromatic N) is 4. The predicted octanol–water partition coefficient (Wildman–Crippen LogP) is 0.162. The van der Waals surface area contributed by atoms with Crippen molar-refractivity contribution >= 4 is 5.97 Å². The standard InChI is InChI=1S/C13H17N5O3/c1-3-9-8(5-12(19)20)10(4-2)18(13(21)16-9)6-11-14-7-15-17-11/h7H,3-6H2,1-2H3,(H,19,20)(H,14,15,17). The van der Waals surface area contributed by atoms with E-state index in [1.807, 2.05) is 13.8 Å². The zero-order valence-corrected chi connectivity index (χ0v) is 12.0. The number of carboxylic acids is 1. The molecule has 0 unspecified atom stereocenters. The molecule has 112 valence electrons. The summed E-state index contributed by atoms with van der Waals surface area (Å²) in [5, 5.41) is 15.5. The van der Waals surface area contributed by atoms with E-state index in [0.29, 0.717) is 35.6 Å². The summed E-state index contributed by atoms with van der Waals surface area (Å²) in [7, 11) is 0. The van der Waals surface area contributed by atoms with Crippen LogP contribution in [0.1, 0.15) is 36.6 Å². The number of aromatic nitrogens is 5. The van der Waals surface area contributed by atoms with Crippen molar-refractivity contribution < 1.29 is 9.90 Å². The van der Waals surface area contributed by atoms with Gasteiger partial charge in [-0.1, -0.05) is 13.8 Å². The van der Waals surface area contributed by atoms with Crippen molar-refractivity contribution in [2.45, 2.75) is 39.7 Å². The Bertz CT molecular complexity index is 691. The van der Waals surface area contributed by atoms with Crippen molar-refractivity contribution in [2.24, 2.45) is 0 Å². The highest BCUT2D eigenvalue weighted by atomic mass is 16.4. The molecule has 0 aliphatic carbocycles. The van der Waals surface area contributed by atoms with Crippen LogP contribution in [0.2, 0.25) is 0 Å². The Morgan fingerprint density at radius 2 is 2.14 bits per heavy atom. The number of aliphatic carboxylic acids is 1. The van der Waals surface area contributed by atoms with Crippen LogP contribution in [-0.2, 0) is 30.6 Å². The maximum Gasteiger partial charge on any atom is 0.348 e. The molecule has 0 bridgehead atoms. The number of hydrogen-bond donors (Lipinski definition) is 2. The van der Waals surface area contributed by atoms with Crippen LogP contribution in [0.3, 0.4) is 0 Å². The van der Waals surface area contributed by atoms with Gasteiger partial charge < -0.3 is 5.11 Å². The van der Waals surface area contributed by atoms with Crippen molar-refractivity contribution in [3.05, 3.63) is 39.6 Å². The second-order valence-electron chi connectivity index (χ2n) is 4.56. The number of H-pyrrole nitrogens is 1. The minimum Gasteiger partial charge on any atom is -0.481 e. The summed E-state index contributed by atoms with van der Waals surface area (Å²) in [5.74, 6) is -0.412. The first kappa shape index (κ1) is 14.9. The highest BCUT2D eigenvalue weighted by Crippen LogP contribution is 2.14. The van der Waals surface area contributed by atoms with Crippen LogP contribution in [0.15, 0.2) is 11.1 Å². The Hall–Kier alpha value is -2.51. The first-order chi connectivity index (χ1) is 10.1. The van der Waals surface area contributed by atoms with Gasteiger partial charge >= 0.3 is 11.7 Å². The fourth-order valence-electron chi connectivity index (χ4n) is 2.36. The largest absolute Gasteiger partial charge is 0.481 e. The molecule has 0 saturated heterocycles. The zero-order chi connectivity index (χ0) is 15.4. The number of aryl methyl sites for hydroxylation is 1. The number of aromatic amines is 1. The van der Waals surface area contributed by atoms with Crippen LogP contribution in [-0.4, -0.2) is 35.8 Å². The summed E-state index contributed by atoms with van der Waals surface area (Å²) in [6.07, 6.45) is 2.28. The van der Waals surface area contributed by atoms with Crippen LogP contribution in [0.4, 0.5) is 0 Å². The van der Waals surface area contributed by atoms with Crippen LogP contribution >= 0.6 is 0 Å². The third-order valence-electron chi connectivity index (χ3n) is 3.25. The maximum atomic E-state index is 12.2. The highest BCUT2D eigenvalue weighted by molar-refractivity contribution is 5.71. The summed E-state index contributed by atoms with van der Waals surface area (Å²) >= 11 is 0. The number of rotatable bonds is 6. The molecule has 2 aromatic heterocycles. The lowest BCUT2D eigenvalue weighted by Gasteiger charge is -2.16. The van der Waals surface area contributed by atoms with E-state index in [1.54, 1.807) is 0 Å². The normalized spacial score (nSPS) is 10.8. The average Bonchev–Trinajstić information content (AvgIpc) is 2.94. The quantitative estimate of drug-likeness (QED) is 0.783. The number of carbonyl (C=O) groups is 1. The second kappa shape index (κ2) is 6.29. The fraction of sp³-hybridized carbons (Fsp3) is 0.462. The lowest BCUT2D eigenvalue weighted by Crippen LogP contribution is -2.31. The molecule has 0 spiro atoms. The van der Waals surface area contributed by atoms with Gasteiger partial charge in [-0.25, -0.2) is 9.78 Å². The van der Waals surface area contributed by atoms with Gasteiger partial charge in [-0.3, -0.25) is 14.5 Å². The van der Waals surface area contributed by atoms with Crippen LogP contribution in [0.25, 0.3) is 0 Å². The molecule has 2 heterocycles. The molecule has 0 amide bonds. The van der Waals surface area contributed by atoms with Gasteiger partial charge in [0.05, 0.1) is 18.7 Å². The predicted molar refractivity (Wildman–Crippen MR) is 74.1 cm³/mol. The van der Waals surface area contributed by atoms with E-state index in [4.69, 9.17) is 5.11 Å². The Morgan fingerprint density at radius 1 is 1.38 bits per heavy atom. The molecule has 2 aromatic rings. The Balaban J connectivity index is 2.58. The molecule has 0 fully saturated rings. The molecule has 0 aliphatic rings. The van der Waals surface area contributed by atoms with Crippen LogP contribution in [0, 0.1) is 0 Å². The lowest BCUT2D eigenvalue weighted by atomic mass is 10.0. The summed E-state index contributed by atoms with van der Waals surface area (Å²) in [6, 6.07) is 0. The van der Waals surface area contributed by atoms with Gasteiger partial charge in [0.1, 0.15) is 12.2 Å². The summed E-state index contributed by atoms with van der Waals surface area (Å²) < 4.78 is 1.46. The average molecular weight is 291 g/mol. The minimum atomic E-state index is -0.939. The number of carboxylic acid groups (broad SMARTS) is 1. The smallest absolute Gasteiger partial charge is 0.348 e. The van der Waals surface area contributed by atoms with Crippen LogP contribution < -0.4 is 5.69 Å². The van der Waals surface area contributed by atoms with Crippen molar-refractivity contribution in [1.29, 1.82) is 0 Å². The Labute approximate surface area is 120 Å². The molecule has 0 saturated carbocycles. The molecule has 8 nitrogen and oxygen atoms in total. The molecule has 0 aromatic carbocycles. The molecule has 8 heteroatoms. The molecule has 0 radical (unpaired) electrons. The molecule has 0 aliphatic heterocycles. The molecule has 2 N–H and O–H groups in total. The minimum absolute atomic E-state index is 0.143. The van der Waals surface area contributed by atoms with Crippen molar-refractivity contribution in [1.82, 2.24) is 24.7 Å². The van der Waals surface area contributed by atoms with Gasteiger partial charge in [-0.05, 0) is 12.8 Å². The van der Waals surface area contributed by atoms with Gasteiger partial charge in [0.25, 0.3) is 0 Å². The van der Waals surface area contributed by atoms with E-state index in [2.05, 4.69) is 20.2 Å². The molecule has 21 heavy (non-hydrogen) atoms. The first-order valence-electron chi connectivity index (χ1n) is 6.74. The highest BCUT2D eigenvalue weighted by Gasteiger charge is 2.18. The molecule has 2 rings (SSSR count). The van der Waals surface area contributed by atoms with Crippen molar-refractivity contribution in [3.63, 3.8) is 0 Å². The van der Waals surface area contributed by atoms with E-state index < -0.39 is 11.7 Å². The molecular weight excluding hydrogens is 274 g/mol. The molecular formula is C13H17N5O3.